The summed E-state index contributed by atoms with van der Waals surface area (Å²) >= 11 is 0. The zero-order chi connectivity index (χ0) is 10.7. The third-order valence-corrected chi connectivity index (χ3v) is 1.90. The molecule has 0 saturated carbocycles. The predicted octanol–water partition coefficient (Wildman–Crippen LogP) is 1.27. The highest BCUT2D eigenvalue weighted by Crippen LogP contribution is 2.16. The molecule has 0 fully saturated rings. The Balaban J connectivity index is 3.09. The molecule has 1 aromatic carbocycles. The van der Waals surface area contributed by atoms with Gasteiger partial charge in [-0.05, 0) is 30.7 Å². The minimum atomic E-state index is -1.02. The fourth-order valence-corrected chi connectivity index (χ4v) is 1.33. The highest BCUT2D eigenvalue weighted by atomic mass is 19.1. The van der Waals surface area contributed by atoms with Gasteiger partial charge in [0, 0.05) is 17.7 Å². The molecule has 0 spiro atoms. The van der Waals surface area contributed by atoms with Crippen molar-refractivity contribution in [1.29, 1.82) is 0 Å². The van der Waals surface area contributed by atoms with Crippen LogP contribution in [-0.4, -0.2) is 12.1 Å². The number of carbonyl (C=O) groups is 1. The van der Waals surface area contributed by atoms with Crippen molar-refractivity contribution in [3.63, 3.8) is 0 Å². The van der Waals surface area contributed by atoms with Gasteiger partial charge in [0.25, 0.3) is 0 Å². The van der Waals surface area contributed by atoms with Crippen LogP contribution in [0.3, 0.4) is 0 Å². The summed E-state index contributed by atoms with van der Waals surface area (Å²) in [5, 5.41) is 0. The largest absolute Gasteiger partial charge is 0.399 e. The van der Waals surface area contributed by atoms with Crippen LogP contribution in [0.1, 0.15) is 22.8 Å². The van der Waals surface area contributed by atoms with Crippen LogP contribution in [0.25, 0.3) is 0 Å². The van der Waals surface area contributed by atoms with Crippen LogP contribution in [0.4, 0.5) is 10.1 Å². The quantitative estimate of drug-likeness (QED) is 0.715. The Morgan fingerprint density at radius 3 is 2.71 bits per heavy atom. The third-order valence-electron chi connectivity index (χ3n) is 1.90. The van der Waals surface area contributed by atoms with Crippen molar-refractivity contribution in [2.45, 2.75) is 19.5 Å². The number of nitrogen functional groups attached to an aromatic ring is 1. The number of amides is 1. The van der Waals surface area contributed by atoms with E-state index in [9.17, 15) is 9.18 Å². The first-order chi connectivity index (χ1) is 6.50. The van der Waals surface area contributed by atoms with Crippen molar-refractivity contribution in [3.05, 3.63) is 29.3 Å². The number of nitrogens with two attached hydrogens (primary N) is 2. The lowest BCUT2D eigenvalue weighted by Crippen LogP contribution is -2.15. The molecule has 0 heterocycles. The topological polar surface area (TPSA) is 69.1 Å². The Bertz CT molecular complexity index is 350. The van der Waals surface area contributed by atoms with E-state index in [0.29, 0.717) is 16.8 Å². The average Bonchev–Trinajstić information content (AvgIpc) is 2.01. The van der Waals surface area contributed by atoms with Gasteiger partial charge in [0.1, 0.15) is 6.17 Å². The van der Waals surface area contributed by atoms with Gasteiger partial charge < -0.3 is 11.5 Å². The Morgan fingerprint density at radius 1 is 1.57 bits per heavy atom. The first-order valence-corrected chi connectivity index (χ1v) is 4.33. The maximum absolute atomic E-state index is 12.8. The van der Waals surface area contributed by atoms with Crippen molar-refractivity contribution in [2.75, 3.05) is 5.73 Å². The van der Waals surface area contributed by atoms with Gasteiger partial charge in [-0.2, -0.15) is 0 Å². The van der Waals surface area contributed by atoms with Crippen molar-refractivity contribution in [3.8, 4) is 0 Å². The molecule has 0 radical (unpaired) electrons. The van der Waals surface area contributed by atoms with E-state index < -0.39 is 12.1 Å². The molecule has 1 aromatic rings. The van der Waals surface area contributed by atoms with Crippen LogP contribution in [0.2, 0.25) is 0 Å². The summed E-state index contributed by atoms with van der Waals surface area (Å²) in [7, 11) is 0. The van der Waals surface area contributed by atoms with Crippen molar-refractivity contribution in [2.24, 2.45) is 5.73 Å². The Hall–Kier alpha value is -1.58. The van der Waals surface area contributed by atoms with Crippen molar-refractivity contribution in [1.82, 2.24) is 0 Å². The summed E-state index contributed by atoms with van der Waals surface area (Å²) in [4.78, 5) is 11.0. The standard InChI is InChI=1S/C10H13FN2O/c1-6(11)4-7-5-8(12)2-3-9(7)10(13)14/h2-3,5-6H,4,12H2,1H3,(H2,13,14). The molecule has 4 N–H and O–H groups in total. The van der Waals surface area contributed by atoms with E-state index in [1.165, 1.54) is 13.0 Å². The van der Waals surface area contributed by atoms with E-state index in [1.807, 2.05) is 0 Å². The monoisotopic (exact) mass is 196 g/mol. The highest BCUT2D eigenvalue weighted by molar-refractivity contribution is 5.94. The molecule has 1 atom stereocenters. The summed E-state index contributed by atoms with van der Waals surface area (Å²) in [6.45, 7) is 1.42. The molecule has 0 saturated heterocycles. The van der Waals surface area contributed by atoms with Gasteiger partial charge >= 0.3 is 0 Å². The van der Waals surface area contributed by atoms with E-state index in [-0.39, 0.29) is 6.42 Å². The van der Waals surface area contributed by atoms with Crippen LogP contribution in [0.5, 0.6) is 0 Å². The number of hydrogen-bond acceptors (Lipinski definition) is 2. The van der Waals surface area contributed by atoms with Crippen LogP contribution in [0, 0.1) is 0 Å². The maximum Gasteiger partial charge on any atom is 0.248 e. The van der Waals surface area contributed by atoms with Gasteiger partial charge in [-0.1, -0.05) is 0 Å². The normalized spacial score (nSPS) is 12.4. The minimum absolute atomic E-state index is 0.156. The van der Waals surface area contributed by atoms with E-state index in [0.717, 1.165) is 0 Å². The average molecular weight is 196 g/mol. The maximum atomic E-state index is 12.8. The van der Waals surface area contributed by atoms with Gasteiger partial charge in [-0.25, -0.2) is 4.39 Å². The number of halogens is 1. The Labute approximate surface area is 81.9 Å². The molecular formula is C10H13FN2O. The molecule has 14 heavy (non-hydrogen) atoms. The molecule has 1 rings (SSSR count). The van der Waals surface area contributed by atoms with E-state index in [2.05, 4.69) is 0 Å². The molecule has 0 aliphatic rings. The zero-order valence-corrected chi connectivity index (χ0v) is 7.96. The molecule has 0 aromatic heterocycles. The smallest absolute Gasteiger partial charge is 0.248 e. The number of hydrogen-bond donors (Lipinski definition) is 2. The van der Waals surface area contributed by atoms with Gasteiger partial charge in [-0.15, -0.1) is 0 Å². The number of alkyl halides is 1. The lowest BCUT2D eigenvalue weighted by molar-refractivity contribution is 0.0999. The molecule has 1 amide bonds. The van der Waals surface area contributed by atoms with Crippen LogP contribution in [-0.2, 0) is 6.42 Å². The molecule has 76 valence electrons. The van der Waals surface area contributed by atoms with Crippen molar-refractivity contribution >= 4 is 11.6 Å². The molecule has 0 aliphatic carbocycles. The van der Waals surface area contributed by atoms with Crippen LogP contribution < -0.4 is 11.5 Å². The number of primary amides is 1. The zero-order valence-electron chi connectivity index (χ0n) is 7.96. The lowest BCUT2D eigenvalue weighted by Gasteiger charge is -2.08. The fraction of sp³-hybridized carbons (Fsp3) is 0.300. The summed E-state index contributed by atoms with van der Waals surface area (Å²) in [5.74, 6) is -0.555. The van der Waals surface area contributed by atoms with Crippen LogP contribution >= 0.6 is 0 Å². The number of rotatable bonds is 3. The van der Waals surface area contributed by atoms with E-state index in [4.69, 9.17) is 11.5 Å². The number of benzene rings is 1. The van der Waals surface area contributed by atoms with Gasteiger partial charge in [-0.3, -0.25) is 4.79 Å². The fourth-order valence-electron chi connectivity index (χ4n) is 1.33. The Kier molecular flexibility index (Phi) is 3.06. The Morgan fingerprint density at radius 2 is 2.21 bits per heavy atom. The van der Waals surface area contributed by atoms with E-state index >= 15 is 0 Å². The summed E-state index contributed by atoms with van der Waals surface area (Å²) in [6.07, 6.45) is -0.863. The highest BCUT2D eigenvalue weighted by Gasteiger charge is 2.10. The molecule has 1 unspecified atom stereocenters. The first kappa shape index (κ1) is 10.5. The molecule has 0 aliphatic heterocycles. The minimum Gasteiger partial charge on any atom is -0.399 e. The molecule has 4 heteroatoms. The number of carbonyl (C=O) groups excluding carboxylic acids is 1. The second kappa shape index (κ2) is 4.09. The van der Waals surface area contributed by atoms with Gasteiger partial charge in [0.05, 0.1) is 0 Å². The third kappa shape index (κ3) is 2.45. The lowest BCUT2D eigenvalue weighted by atomic mass is 10.0. The second-order valence-electron chi connectivity index (χ2n) is 3.27. The molecule has 0 bridgehead atoms. The second-order valence-corrected chi connectivity index (χ2v) is 3.27. The SMILES string of the molecule is CC(F)Cc1cc(N)ccc1C(N)=O. The summed E-state index contributed by atoms with van der Waals surface area (Å²) < 4.78 is 12.8. The van der Waals surface area contributed by atoms with Gasteiger partial charge in [0.15, 0.2) is 0 Å². The van der Waals surface area contributed by atoms with Crippen LogP contribution in [0.15, 0.2) is 18.2 Å². The number of anilines is 1. The molecular weight excluding hydrogens is 183 g/mol. The van der Waals surface area contributed by atoms with E-state index in [1.54, 1.807) is 12.1 Å². The van der Waals surface area contributed by atoms with Crippen molar-refractivity contribution < 1.29 is 9.18 Å². The summed E-state index contributed by atoms with van der Waals surface area (Å²) in [5.41, 5.74) is 12.1. The first-order valence-electron chi connectivity index (χ1n) is 4.33. The van der Waals surface area contributed by atoms with Gasteiger partial charge in [0.2, 0.25) is 5.91 Å². The predicted molar refractivity (Wildman–Crippen MR) is 53.6 cm³/mol. The summed E-state index contributed by atoms with van der Waals surface area (Å²) in [6, 6.07) is 4.68. The molecule has 3 nitrogen and oxygen atoms in total.